The monoisotopic (exact) mass is 315 g/mol. The number of rotatable bonds is 9. The van der Waals surface area contributed by atoms with Crippen molar-refractivity contribution in [1.82, 2.24) is 0 Å². The van der Waals surface area contributed by atoms with Crippen LogP contribution in [-0.2, 0) is 11.2 Å². The van der Waals surface area contributed by atoms with E-state index in [1.54, 1.807) is 7.11 Å². The van der Waals surface area contributed by atoms with Gasteiger partial charge < -0.3 is 20.3 Å². The van der Waals surface area contributed by atoms with Crippen LogP contribution in [0.4, 0.5) is 0 Å². The van der Waals surface area contributed by atoms with Crippen molar-refractivity contribution in [3.8, 4) is 5.75 Å². The van der Waals surface area contributed by atoms with Gasteiger partial charge >= 0.3 is 0 Å². The minimum absolute atomic E-state index is 0.0242. The van der Waals surface area contributed by atoms with Gasteiger partial charge in [0, 0.05) is 31.6 Å². The van der Waals surface area contributed by atoms with Crippen LogP contribution in [0.15, 0.2) is 18.2 Å². The normalized spacial score (nSPS) is 13.2. The molecule has 0 fully saturated rings. The lowest BCUT2D eigenvalue weighted by molar-refractivity contribution is 0.0854. The minimum atomic E-state index is -0.105. The van der Waals surface area contributed by atoms with E-state index in [0.29, 0.717) is 30.4 Å². The van der Waals surface area contributed by atoms with Gasteiger partial charge in [0.2, 0.25) is 0 Å². The minimum Gasteiger partial charge on any atom is -0.492 e. The van der Waals surface area contributed by atoms with E-state index in [-0.39, 0.29) is 18.1 Å². The molecule has 0 bridgehead atoms. The molecule has 0 heterocycles. The van der Waals surface area contributed by atoms with Crippen molar-refractivity contribution in [2.45, 2.75) is 32.7 Å². The highest BCUT2D eigenvalue weighted by Crippen LogP contribution is 2.28. The summed E-state index contributed by atoms with van der Waals surface area (Å²) in [6.07, 6.45) is 1.31. The molecular weight excluding hydrogens is 290 g/mol. The van der Waals surface area contributed by atoms with Crippen molar-refractivity contribution in [2.24, 2.45) is 11.1 Å². The molecule has 0 radical (unpaired) electrons. The molecule has 21 heavy (non-hydrogen) atoms. The zero-order chi connectivity index (χ0) is 15.9. The first-order valence-electron chi connectivity index (χ1n) is 7.17. The number of aliphatic hydroxyl groups is 1. The van der Waals surface area contributed by atoms with Gasteiger partial charge in [0.1, 0.15) is 5.75 Å². The van der Waals surface area contributed by atoms with Gasteiger partial charge in [-0.25, -0.2) is 0 Å². The van der Waals surface area contributed by atoms with Crippen molar-refractivity contribution < 1.29 is 14.6 Å². The Morgan fingerprint density at radius 3 is 2.71 bits per heavy atom. The first kappa shape index (κ1) is 18.2. The van der Waals surface area contributed by atoms with Gasteiger partial charge in [-0.05, 0) is 24.1 Å². The lowest BCUT2D eigenvalue weighted by Gasteiger charge is -2.31. The fourth-order valence-electron chi connectivity index (χ4n) is 2.04. The Labute approximate surface area is 132 Å². The van der Waals surface area contributed by atoms with E-state index >= 15 is 0 Å². The molecule has 4 nitrogen and oxygen atoms in total. The van der Waals surface area contributed by atoms with Gasteiger partial charge in [-0.1, -0.05) is 31.5 Å². The van der Waals surface area contributed by atoms with E-state index < -0.39 is 0 Å². The molecule has 0 amide bonds. The quantitative estimate of drug-likeness (QED) is 0.688. The summed E-state index contributed by atoms with van der Waals surface area (Å²) >= 11 is 6.11. The van der Waals surface area contributed by atoms with E-state index in [4.69, 9.17) is 31.9 Å². The molecule has 1 rings (SSSR count). The van der Waals surface area contributed by atoms with Crippen LogP contribution in [0.2, 0.25) is 5.02 Å². The fourth-order valence-corrected chi connectivity index (χ4v) is 2.21. The second kappa shape index (κ2) is 8.59. The zero-order valence-electron chi connectivity index (χ0n) is 13.1. The molecule has 5 heteroatoms. The summed E-state index contributed by atoms with van der Waals surface area (Å²) in [6.45, 7) is 5.35. The van der Waals surface area contributed by atoms with Gasteiger partial charge in [-0.2, -0.15) is 0 Å². The van der Waals surface area contributed by atoms with Crippen LogP contribution in [0.1, 0.15) is 25.8 Å². The number of halogens is 1. The van der Waals surface area contributed by atoms with Crippen LogP contribution in [0, 0.1) is 5.41 Å². The summed E-state index contributed by atoms with van der Waals surface area (Å²) in [6, 6.07) is 5.68. The molecule has 1 unspecified atom stereocenters. The van der Waals surface area contributed by atoms with Crippen molar-refractivity contribution >= 4 is 11.6 Å². The van der Waals surface area contributed by atoms with Gasteiger partial charge in [0.15, 0.2) is 0 Å². The number of nitrogens with two attached hydrogens (primary N) is 1. The van der Waals surface area contributed by atoms with E-state index in [2.05, 4.69) is 13.8 Å². The number of hydrogen-bond donors (Lipinski definition) is 2. The highest BCUT2D eigenvalue weighted by molar-refractivity contribution is 6.32. The average Bonchev–Trinajstić information content (AvgIpc) is 2.42. The predicted molar refractivity (Wildman–Crippen MR) is 86.0 cm³/mol. The first-order valence-corrected chi connectivity index (χ1v) is 7.55. The third kappa shape index (κ3) is 5.83. The highest BCUT2D eigenvalue weighted by Gasteiger charge is 2.26. The molecule has 120 valence electrons. The smallest absolute Gasteiger partial charge is 0.138 e. The number of aliphatic hydroxyl groups excluding tert-OH is 1. The molecule has 0 saturated heterocycles. The van der Waals surface area contributed by atoms with E-state index in [1.807, 2.05) is 18.2 Å². The molecule has 1 aromatic carbocycles. The Balaban J connectivity index is 2.73. The van der Waals surface area contributed by atoms with Crippen molar-refractivity contribution in [2.75, 3.05) is 26.9 Å². The van der Waals surface area contributed by atoms with Crippen LogP contribution < -0.4 is 10.5 Å². The maximum atomic E-state index is 8.79. The summed E-state index contributed by atoms with van der Waals surface area (Å²) in [5, 5.41) is 9.36. The van der Waals surface area contributed by atoms with Gasteiger partial charge in [-0.15, -0.1) is 0 Å². The van der Waals surface area contributed by atoms with Crippen LogP contribution in [-0.4, -0.2) is 38.1 Å². The molecule has 3 N–H and O–H groups in total. The maximum absolute atomic E-state index is 8.79. The lowest BCUT2D eigenvalue weighted by atomic mass is 9.82. The SMILES string of the molecule is COCC(C)(C)C(N)Cc1ccc(Cl)c(OCCCO)c1. The predicted octanol–water partition coefficient (Wildman–Crippen LogP) is 2.64. The molecule has 0 aliphatic carbocycles. The largest absolute Gasteiger partial charge is 0.492 e. The molecule has 0 aromatic heterocycles. The zero-order valence-corrected chi connectivity index (χ0v) is 13.8. The van der Waals surface area contributed by atoms with Gasteiger partial charge in [-0.3, -0.25) is 0 Å². The van der Waals surface area contributed by atoms with E-state index in [0.717, 1.165) is 12.0 Å². The lowest BCUT2D eigenvalue weighted by Crippen LogP contribution is -2.42. The maximum Gasteiger partial charge on any atom is 0.138 e. The Morgan fingerprint density at radius 2 is 2.10 bits per heavy atom. The van der Waals surface area contributed by atoms with Gasteiger partial charge in [0.25, 0.3) is 0 Å². The summed E-state index contributed by atoms with van der Waals surface area (Å²) < 4.78 is 10.8. The average molecular weight is 316 g/mol. The van der Waals surface area contributed by atoms with Gasteiger partial charge in [0.05, 0.1) is 18.2 Å². The Hall–Kier alpha value is -0.810. The number of benzene rings is 1. The Kier molecular flexibility index (Phi) is 7.46. The molecule has 0 saturated carbocycles. The standard InChI is InChI=1S/C16H26ClNO3/c1-16(2,11-20-3)15(18)10-12-5-6-13(17)14(9-12)21-8-4-7-19/h5-6,9,15,19H,4,7-8,10-11,18H2,1-3H3. The molecule has 0 spiro atoms. The van der Waals surface area contributed by atoms with Crippen molar-refractivity contribution in [3.05, 3.63) is 28.8 Å². The van der Waals surface area contributed by atoms with Crippen LogP contribution in [0.5, 0.6) is 5.75 Å². The summed E-state index contributed by atoms with van der Waals surface area (Å²) in [5.41, 5.74) is 7.27. The second-order valence-electron chi connectivity index (χ2n) is 5.92. The molecule has 1 atom stereocenters. The third-order valence-electron chi connectivity index (χ3n) is 3.53. The fraction of sp³-hybridized carbons (Fsp3) is 0.625. The van der Waals surface area contributed by atoms with Crippen molar-refractivity contribution in [1.29, 1.82) is 0 Å². The second-order valence-corrected chi connectivity index (χ2v) is 6.33. The first-order chi connectivity index (χ1) is 9.90. The molecular formula is C16H26ClNO3. The van der Waals surface area contributed by atoms with Crippen LogP contribution in [0.3, 0.4) is 0 Å². The number of ether oxygens (including phenoxy) is 2. The summed E-state index contributed by atoms with van der Waals surface area (Å²) in [4.78, 5) is 0. The summed E-state index contributed by atoms with van der Waals surface area (Å²) in [7, 11) is 1.68. The Morgan fingerprint density at radius 1 is 1.38 bits per heavy atom. The highest BCUT2D eigenvalue weighted by atomic mass is 35.5. The van der Waals surface area contributed by atoms with Crippen LogP contribution >= 0.6 is 11.6 Å². The van der Waals surface area contributed by atoms with E-state index in [9.17, 15) is 0 Å². The Bertz CT molecular complexity index is 438. The molecule has 0 aliphatic heterocycles. The van der Waals surface area contributed by atoms with E-state index in [1.165, 1.54) is 0 Å². The van der Waals surface area contributed by atoms with Crippen molar-refractivity contribution in [3.63, 3.8) is 0 Å². The third-order valence-corrected chi connectivity index (χ3v) is 3.84. The topological polar surface area (TPSA) is 64.7 Å². The number of methoxy groups -OCH3 is 1. The summed E-state index contributed by atoms with van der Waals surface area (Å²) in [5.74, 6) is 0.638. The molecule has 0 aliphatic rings. The van der Waals surface area contributed by atoms with Crippen LogP contribution in [0.25, 0.3) is 0 Å². The molecule has 1 aromatic rings. The number of hydrogen-bond acceptors (Lipinski definition) is 4.